The molecular weight excluding hydrogens is 455 g/mol. The molecule has 33 heavy (non-hydrogen) atoms. The van der Waals surface area contributed by atoms with Crippen LogP contribution in [-0.2, 0) is 15.0 Å². The number of halogens is 5. The van der Waals surface area contributed by atoms with Crippen LogP contribution in [0.3, 0.4) is 0 Å². The maximum absolute atomic E-state index is 15.5. The molecule has 1 amide bonds. The number of hydrogen-bond acceptors (Lipinski definition) is 7. The Morgan fingerprint density at radius 1 is 1.21 bits per heavy atom. The summed E-state index contributed by atoms with van der Waals surface area (Å²) in [5.41, 5.74) is 0.628. The van der Waals surface area contributed by atoms with Gasteiger partial charge in [-0.25, -0.2) is 31.9 Å². The molecule has 2 aliphatic heterocycles. The van der Waals surface area contributed by atoms with Gasteiger partial charge in [-0.1, -0.05) is 0 Å². The summed E-state index contributed by atoms with van der Waals surface area (Å²) in [4.78, 5) is 20.1. The van der Waals surface area contributed by atoms with Crippen molar-refractivity contribution in [2.24, 2.45) is 10.7 Å². The van der Waals surface area contributed by atoms with Crippen molar-refractivity contribution in [3.8, 4) is 5.75 Å². The van der Waals surface area contributed by atoms with Crippen LogP contribution in [-0.4, -0.2) is 55.4 Å². The monoisotopic (exact) mass is 472 g/mol. The van der Waals surface area contributed by atoms with E-state index < -0.39 is 60.7 Å². The van der Waals surface area contributed by atoms with E-state index in [-0.39, 0.29) is 29.6 Å². The van der Waals surface area contributed by atoms with Crippen LogP contribution in [0.25, 0.3) is 0 Å². The molecule has 2 atom stereocenters. The van der Waals surface area contributed by atoms with Crippen molar-refractivity contribution in [3.05, 3.63) is 53.4 Å². The second-order valence-electron chi connectivity index (χ2n) is 7.41. The van der Waals surface area contributed by atoms with Gasteiger partial charge >= 0.3 is 0 Å². The van der Waals surface area contributed by atoms with E-state index in [2.05, 4.69) is 20.0 Å². The van der Waals surface area contributed by atoms with Crippen LogP contribution in [0.2, 0.25) is 0 Å². The molecule has 0 saturated carbocycles. The van der Waals surface area contributed by atoms with E-state index in [9.17, 15) is 22.4 Å². The Kier molecular flexibility index (Phi) is 5.82. The van der Waals surface area contributed by atoms with Gasteiger partial charge in [0, 0.05) is 17.3 Å². The molecule has 2 aliphatic rings. The van der Waals surface area contributed by atoms with Crippen LogP contribution < -0.4 is 15.8 Å². The summed E-state index contributed by atoms with van der Waals surface area (Å²) >= 11 is 0. The van der Waals surface area contributed by atoms with Gasteiger partial charge in [0.25, 0.3) is 18.4 Å². The van der Waals surface area contributed by atoms with Crippen molar-refractivity contribution in [1.29, 1.82) is 0 Å². The van der Waals surface area contributed by atoms with Crippen molar-refractivity contribution in [2.75, 3.05) is 31.7 Å². The number of nitrogens with zero attached hydrogens (tertiary/aromatic N) is 2. The highest BCUT2D eigenvalue weighted by atomic mass is 19.3. The predicted molar refractivity (Wildman–Crippen MR) is 104 cm³/mol. The molecule has 1 aromatic carbocycles. The van der Waals surface area contributed by atoms with Gasteiger partial charge in [0.1, 0.15) is 24.8 Å². The lowest BCUT2D eigenvalue weighted by atomic mass is 9.78. The minimum atomic E-state index is -2.77. The molecule has 1 fully saturated rings. The fraction of sp³-hybridized carbons (Fsp3) is 0.350. The largest absolute Gasteiger partial charge is 0.486 e. The Morgan fingerprint density at radius 3 is 2.73 bits per heavy atom. The van der Waals surface area contributed by atoms with Gasteiger partial charge in [0.2, 0.25) is 0 Å². The number of anilines is 1. The number of nitrogens with two attached hydrogens (primary N) is 1. The minimum Gasteiger partial charge on any atom is -0.486 e. The summed E-state index contributed by atoms with van der Waals surface area (Å²) in [6.45, 7) is -2.20. The summed E-state index contributed by atoms with van der Waals surface area (Å²) in [6.07, 6.45) is -1.87. The van der Waals surface area contributed by atoms with Crippen LogP contribution >= 0.6 is 0 Å². The number of amidine groups is 1. The maximum atomic E-state index is 15.5. The number of carbonyl (C=O) groups excluding carboxylic acids is 1. The van der Waals surface area contributed by atoms with E-state index in [1.54, 1.807) is 0 Å². The Morgan fingerprint density at radius 2 is 2.00 bits per heavy atom. The molecule has 3 N–H and O–H groups in total. The van der Waals surface area contributed by atoms with Crippen LogP contribution in [0.1, 0.15) is 16.1 Å². The van der Waals surface area contributed by atoms with Crippen molar-refractivity contribution in [3.63, 3.8) is 0 Å². The van der Waals surface area contributed by atoms with E-state index in [4.69, 9.17) is 15.2 Å². The number of nitrogens with one attached hydrogen (secondary N) is 1. The molecule has 0 bridgehead atoms. The van der Waals surface area contributed by atoms with Crippen LogP contribution in [0.4, 0.5) is 27.6 Å². The molecule has 0 radical (unpaired) electrons. The van der Waals surface area contributed by atoms with Crippen LogP contribution in [0.5, 0.6) is 5.75 Å². The lowest BCUT2D eigenvalue weighted by Crippen LogP contribution is -2.55. The second-order valence-corrected chi connectivity index (χ2v) is 7.41. The number of carbonyl (C=O) groups is 1. The zero-order valence-corrected chi connectivity index (χ0v) is 16.8. The number of fused-ring (bicyclic) bond motifs is 1. The zero-order valence-electron chi connectivity index (χ0n) is 16.8. The summed E-state index contributed by atoms with van der Waals surface area (Å²) in [5, 5.41) is 2.33. The van der Waals surface area contributed by atoms with Gasteiger partial charge in [-0.2, -0.15) is 0 Å². The normalized spacial score (nSPS) is 24.1. The van der Waals surface area contributed by atoms with E-state index in [1.165, 1.54) is 6.07 Å². The standard InChI is InChI=1S/C20H17F5N4O4/c21-13-2-1-10(3-12(13)20-9-31-7-19(20,25)8-33-18(26)29-20)28-17(30)16-14(22)4-11(5-27-16)32-6-15(23)24/h1-5,15H,6-9H2,(H2,26,29)(H,28,30). The Labute approximate surface area is 183 Å². The molecule has 4 rings (SSSR count). The molecule has 2 unspecified atom stereocenters. The Hall–Kier alpha value is -3.48. The molecule has 0 aliphatic carbocycles. The van der Waals surface area contributed by atoms with Gasteiger partial charge in [0.05, 0.1) is 19.4 Å². The second kappa shape index (κ2) is 8.46. The number of hydrogen-bond donors (Lipinski definition) is 2. The number of aromatic nitrogens is 1. The molecule has 8 nitrogen and oxygen atoms in total. The minimum absolute atomic E-state index is 0.0143. The van der Waals surface area contributed by atoms with E-state index in [0.717, 1.165) is 24.4 Å². The smallest absolute Gasteiger partial charge is 0.283 e. The van der Waals surface area contributed by atoms with Crippen molar-refractivity contribution in [1.82, 2.24) is 4.98 Å². The highest BCUT2D eigenvalue weighted by molar-refractivity contribution is 6.03. The molecule has 2 aromatic rings. The number of pyridine rings is 1. The number of aliphatic imine (C=N–C) groups is 1. The number of benzene rings is 1. The molecule has 176 valence electrons. The summed E-state index contributed by atoms with van der Waals surface area (Å²) < 4.78 is 83.8. The molecule has 3 heterocycles. The average molecular weight is 472 g/mol. The topological polar surface area (TPSA) is 108 Å². The number of ether oxygens (including phenoxy) is 3. The predicted octanol–water partition coefficient (Wildman–Crippen LogP) is 2.53. The highest BCUT2D eigenvalue weighted by Crippen LogP contribution is 2.48. The van der Waals surface area contributed by atoms with E-state index in [0.29, 0.717) is 0 Å². The Balaban J connectivity index is 1.60. The van der Waals surface area contributed by atoms with E-state index in [1.807, 2.05) is 0 Å². The summed E-state index contributed by atoms with van der Waals surface area (Å²) in [6, 6.07) is 3.67. The molecule has 1 aromatic heterocycles. The number of amides is 1. The first kappa shape index (κ1) is 22.7. The quantitative estimate of drug-likeness (QED) is 0.626. The lowest BCUT2D eigenvalue weighted by molar-refractivity contribution is 0.00905. The Bertz CT molecular complexity index is 1120. The summed E-state index contributed by atoms with van der Waals surface area (Å²) in [5.74, 6) is -3.27. The van der Waals surface area contributed by atoms with Crippen molar-refractivity contribution < 1.29 is 41.0 Å². The zero-order chi connectivity index (χ0) is 23.8. The van der Waals surface area contributed by atoms with Crippen LogP contribution in [0.15, 0.2) is 35.5 Å². The molecule has 0 spiro atoms. The van der Waals surface area contributed by atoms with Gasteiger partial charge in [-0.15, -0.1) is 0 Å². The van der Waals surface area contributed by atoms with Crippen LogP contribution in [0, 0.1) is 11.6 Å². The lowest BCUT2D eigenvalue weighted by Gasteiger charge is -2.38. The van der Waals surface area contributed by atoms with E-state index >= 15 is 4.39 Å². The fourth-order valence-corrected chi connectivity index (χ4v) is 3.63. The van der Waals surface area contributed by atoms with Gasteiger partial charge in [-0.05, 0) is 18.2 Å². The third-order valence-corrected chi connectivity index (χ3v) is 5.21. The summed E-state index contributed by atoms with van der Waals surface area (Å²) in [7, 11) is 0. The first-order valence-corrected chi connectivity index (χ1v) is 9.56. The third kappa shape index (κ3) is 4.15. The molecular formula is C20H17F5N4O4. The van der Waals surface area contributed by atoms with Gasteiger partial charge in [-0.3, -0.25) is 4.79 Å². The average Bonchev–Trinajstić information content (AvgIpc) is 3.10. The van der Waals surface area contributed by atoms with Crippen molar-refractivity contribution >= 4 is 17.6 Å². The van der Waals surface area contributed by atoms with Gasteiger partial charge < -0.3 is 25.3 Å². The molecule has 13 heteroatoms. The molecule has 1 saturated heterocycles. The van der Waals surface area contributed by atoms with Gasteiger partial charge in [0.15, 0.2) is 22.7 Å². The maximum Gasteiger partial charge on any atom is 0.283 e. The third-order valence-electron chi connectivity index (χ3n) is 5.21. The first-order chi connectivity index (χ1) is 15.6. The van der Waals surface area contributed by atoms with Crippen molar-refractivity contribution in [2.45, 2.75) is 17.6 Å². The highest BCUT2D eigenvalue weighted by Gasteiger charge is 2.62. The number of alkyl halides is 3. The fourth-order valence-electron chi connectivity index (χ4n) is 3.63. The number of rotatable bonds is 6. The SMILES string of the molecule is NC1=NC2(c3cc(NC(=O)c4ncc(OCC(F)F)cc4F)ccc3F)COCC2(F)CO1. The first-order valence-electron chi connectivity index (χ1n) is 9.56.